The highest BCUT2D eigenvalue weighted by atomic mass is 14.1. The second-order valence-corrected chi connectivity index (χ2v) is 3.84. The van der Waals surface area contributed by atoms with Gasteiger partial charge in [0.2, 0.25) is 0 Å². The maximum Gasteiger partial charge on any atom is -0.00256 e. The van der Waals surface area contributed by atoms with Crippen molar-refractivity contribution in [1.82, 2.24) is 0 Å². The molecule has 0 saturated heterocycles. The zero-order chi connectivity index (χ0) is 10.5. The average molecular weight is 196 g/mol. The molecule has 0 saturated carbocycles. The molecule has 0 unspecified atom stereocenters. The Bertz CT molecular complexity index is 390. The average Bonchev–Trinajstić information content (AvgIpc) is 2.31. The second kappa shape index (κ2) is 4.79. The van der Waals surface area contributed by atoms with Gasteiger partial charge in [0.25, 0.3) is 0 Å². The van der Waals surface area contributed by atoms with Crippen LogP contribution >= 0.6 is 0 Å². The van der Waals surface area contributed by atoms with Crippen molar-refractivity contribution in [3.8, 4) is 0 Å². The maximum absolute atomic E-state index is 2.22. The van der Waals surface area contributed by atoms with Gasteiger partial charge in [0, 0.05) is 0 Å². The lowest BCUT2D eigenvalue weighted by atomic mass is 9.94. The first kappa shape index (κ1) is 9.97. The highest BCUT2D eigenvalue weighted by molar-refractivity contribution is 5.37. The summed E-state index contributed by atoms with van der Waals surface area (Å²) >= 11 is 0. The van der Waals surface area contributed by atoms with Crippen LogP contribution in [-0.2, 0) is 12.8 Å². The number of fused-ring (bicyclic) bond motifs is 2. The molecule has 2 aliphatic carbocycles. The Morgan fingerprint density at radius 3 is 1.73 bits per heavy atom. The standard InChI is InChI=1S/C8H10.C7H6/c1-2-8-6-4-3-5-7-8;1-2-6-4-7(3-1)5-6/h3-7H,2H2,1H3;1-4H,5H2. The summed E-state index contributed by atoms with van der Waals surface area (Å²) in [6.45, 7) is 2.16. The number of aryl methyl sites for hydroxylation is 1. The van der Waals surface area contributed by atoms with Gasteiger partial charge in [-0.1, -0.05) is 61.5 Å². The molecular formula is C15H16. The minimum absolute atomic E-state index is 1.14. The summed E-state index contributed by atoms with van der Waals surface area (Å²) in [7, 11) is 0. The topological polar surface area (TPSA) is 0 Å². The van der Waals surface area contributed by atoms with Crippen LogP contribution < -0.4 is 0 Å². The van der Waals surface area contributed by atoms with Crippen molar-refractivity contribution in [2.24, 2.45) is 0 Å². The number of rotatable bonds is 1. The highest BCUT2D eigenvalue weighted by Gasteiger charge is 2.04. The third-order valence-electron chi connectivity index (χ3n) is 2.65. The second-order valence-electron chi connectivity index (χ2n) is 3.84. The van der Waals surface area contributed by atoms with E-state index in [1.165, 1.54) is 23.1 Å². The first-order valence-electron chi connectivity index (χ1n) is 5.50. The Morgan fingerprint density at radius 1 is 0.867 bits per heavy atom. The Hall–Kier alpha value is -1.56. The summed E-state index contributed by atoms with van der Waals surface area (Å²) in [4.78, 5) is 0. The van der Waals surface area contributed by atoms with Gasteiger partial charge in [0.1, 0.15) is 0 Å². The van der Waals surface area contributed by atoms with Crippen LogP contribution in [0.5, 0.6) is 0 Å². The molecule has 0 heterocycles. The van der Waals surface area contributed by atoms with Crippen LogP contribution in [0.25, 0.3) is 0 Å². The van der Waals surface area contributed by atoms with Crippen molar-refractivity contribution in [3.63, 3.8) is 0 Å². The molecular weight excluding hydrogens is 180 g/mol. The summed E-state index contributed by atoms with van der Waals surface area (Å²) in [6.07, 6.45) is 2.36. The van der Waals surface area contributed by atoms with Crippen LogP contribution in [0.3, 0.4) is 0 Å². The van der Waals surface area contributed by atoms with Gasteiger partial charge in [-0.3, -0.25) is 0 Å². The predicted octanol–water partition coefficient (Wildman–Crippen LogP) is 3.84. The van der Waals surface area contributed by atoms with E-state index in [0.29, 0.717) is 0 Å². The Morgan fingerprint density at radius 2 is 1.47 bits per heavy atom. The maximum atomic E-state index is 2.22. The van der Waals surface area contributed by atoms with Crippen molar-refractivity contribution < 1.29 is 0 Å². The first-order chi connectivity index (χ1) is 7.38. The summed E-state index contributed by atoms with van der Waals surface area (Å²) in [5.74, 6) is 0. The van der Waals surface area contributed by atoms with E-state index in [1.54, 1.807) is 0 Å². The summed E-state index contributed by atoms with van der Waals surface area (Å²) in [5.41, 5.74) is 4.38. The van der Waals surface area contributed by atoms with E-state index < -0.39 is 0 Å². The predicted molar refractivity (Wildman–Crippen MR) is 65.1 cm³/mol. The van der Waals surface area contributed by atoms with Gasteiger partial charge < -0.3 is 0 Å². The molecule has 0 atom stereocenters. The van der Waals surface area contributed by atoms with Crippen LogP contribution in [0.2, 0.25) is 0 Å². The summed E-state index contributed by atoms with van der Waals surface area (Å²) in [5, 5.41) is 0. The molecule has 0 nitrogen and oxygen atoms in total. The minimum atomic E-state index is 1.14. The number of hydrogen-bond donors (Lipinski definition) is 0. The molecule has 0 radical (unpaired) electrons. The van der Waals surface area contributed by atoms with Crippen LogP contribution in [0.4, 0.5) is 0 Å². The lowest BCUT2D eigenvalue weighted by Gasteiger charge is -2.11. The molecule has 2 aromatic rings. The van der Waals surface area contributed by atoms with E-state index in [9.17, 15) is 0 Å². The van der Waals surface area contributed by atoms with Gasteiger partial charge in [-0.25, -0.2) is 0 Å². The largest absolute Gasteiger partial charge is 0.0622 e. The normalized spacial score (nSPS) is 11.0. The van der Waals surface area contributed by atoms with Gasteiger partial charge in [-0.2, -0.15) is 0 Å². The SMILES string of the molecule is CCc1ccccc1.c1cc2cc(c1)C2. The fourth-order valence-electron chi connectivity index (χ4n) is 1.67. The van der Waals surface area contributed by atoms with Crippen LogP contribution in [0.1, 0.15) is 23.6 Å². The van der Waals surface area contributed by atoms with E-state index in [2.05, 4.69) is 55.5 Å². The number of benzene rings is 2. The van der Waals surface area contributed by atoms with Crippen molar-refractivity contribution in [1.29, 1.82) is 0 Å². The van der Waals surface area contributed by atoms with E-state index >= 15 is 0 Å². The molecule has 76 valence electrons. The minimum Gasteiger partial charge on any atom is -0.0622 e. The Labute approximate surface area is 91.6 Å². The van der Waals surface area contributed by atoms with Gasteiger partial charge in [-0.05, 0) is 29.5 Å². The van der Waals surface area contributed by atoms with Gasteiger partial charge in [-0.15, -0.1) is 0 Å². The Balaban J connectivity index is 0.000000114. The van der Waals surface area contributed by atoms with Crippen molar-refractivity contribution in [2.75, 3.05) is 0 Å². The quantitative estimate of drug-likeness (QED) is 0.554. The third kappa shape index (κ3) is 2.69. The molecule has 15 heavy (non-hydrogen) atoms. The van der Waals surface area contributed by atoms with Crippen molar-refractivity contribution >= 4 is 0 Å². The lowest BCUT2D eigenvalue weighted by molar-refractivity contribution is 1.09. The summed E-state index contributed by atoms with van der Waals surface area (Å²) in [6, 6.07) is 19.1. The zero-order valence-corrected chi connectivity index (χ0v) is 9.11. The zero-order valence-electron chi connectivity index (χ0n) is 9.11. The van der Waals surface area contributed by atoms with Crippen molar-refractivity contribution in [2.45, 2.75) is 19.8 Å². The molecule has 0 aromatic heterocycles. The van der Waals surface area contributed by atoms with Crippen molar-refractivity contribution in [3.05, 3.63) is 71.3 Å². The van der Waals surface area contributed by atoms with Gasteiger partial charge in [0.05, 0.1) is 0 Å². The third-order valence-corrected chi connectivity index (χ3v) is 2.65. The monoisotopic (exact) mass is 196 g/mol. The van der Waals surface area contributed by atoms with Gasteiger partial charge in [0.15, 0.2) is 0 Å². The van der Waals surface area contributed by atoms with E-state index in [0.717, 1.165) is 6.42 Å². The molecule has 2 aliphatic rings. The molecule has 2 bridgehead atoms. The summed E-state index contributed by atoms with van der Waals surface area (Å²) < 4.78 is 0. The molecule has 0 spiro atoms. The molecule has 0 N–H and O–H groups in total. The smallest absolute Gasteiger partial charge is 0.00256 e. The molecule has 2 aromatic carbocycles. The lowest BCUT2D eigenvalue weighted by Crippen LogP contribution is -1.97. The van der Waals surface area contributed by atoms with E-state index in [1.807, 2.05) is 6.07 Å². The molecule has 0 amide bonds. The van der Waals surface area contributed by atoms with E-state index in [4.69, 9.17) is 0 Å². The molecule has 0 fully saturated rings. The number of hydrogen-bond acceptors (Lipinski definition) is 0. The fraction of sp³-hybridized carbons (Fsp3) is 0.200. The molecule has 0 heteroatoms. The van der Waals surface area contributed by atoms with Crippen LogP contribution in [0, 0.1) is 0 Å². The highest BCUT2D eigenvalue weighted by Crippen LogP contribution is 2.18. The van der Waals surface area contributed by atoms with Gasteiger partial charge >= 0.3 is 0 Å². The Kier molecular flexibility index (Phi) is 3.18. The van der Waals surface area contributed by atoms with Crippen LogP contribution in [-0.4, -0.2) is 0 Å². The molecule has 4 rings (SSSR count). The molecule has 0 aliphatic heterocycles. The fourth-order valence-corrected chi connectivity index (χ4v) is 1.67. The van der Waals surface area contributed by atoms with Crippen LogP contribution in [0.15, 0.2) is 54.6 Å². The first-order valence-corrected chi connectivity index (χ1v) is 5.50. The van der Waals surface area contributed by atoms with E-state index in [-0.39, 0.29) is 0 Å².